The van der Waals surface area contributed by atoms with E-state index < -0.39 is 0 Å². The summed E-state index contributed by atoms with van der Waals surface area (Å²) < 4.78 is 11.2. The molecule has 0 aliphatic heterocycles. The number of hydrogen-bond acceptors (Lipinski definition) is 11. The van der Waals surface area contributed by atoms with Crippen molar-refractivity contribution in [2.75, 3.05) is 13.2 Å². The number of aliphatic hydroxyl groups is 1. The molecular weight excluding hydrogens is 389 g/mol. The molecule has 0 aliphatic rings. The Bertz CT molecular complexity index is 184. The summed E-state index contributed by atoms with van der Waals surface area (Å²) in [5.41, 5.74) is 0. The Morgan fingerprint density at radius 1 is 1.06 bits per heavy atom. The second-order valence-corrected chi connectivity index (χ2v) is 13.1. The van der Waals surface area contributed by atoms with Crippen LogP contribution in [0.2, 0.25) is 0 Å². The minimum atomic E-state index is -0.315. The fourth-order valence-corrected chi connectivity index (χ4v) is 8.00. The van der Waals surface area contributed by atoms with Crippen LogP contribution < -0.4 is 0 Å². The molecule has 0 amide bonds. The number of aliphatic hydroxyl groups excluding tert-OH is 1. The van der Waals surface area contributed by atoms with E-state index >= 15 is 0 Å². The first kappa shape index (κ1) is 20.7. The lowest BCUT2D eigenvalue weighted by Gasteiger charge is -2.13. The van der Waals surface area contributed by atoms with Crippen LogP contribution in [0.4, 0.5) is 0 Å². The molecule has 0 saturated heterocycles. The van der Waals surface area contributed by atoms with E-state index in [9.17, 15) is 0 Å². The first-order valence-electron chi connectivity index (χ1n) is 4.80. The summed E-state index contributed by atoms with van der Waals surface area (Å²) in [7, 11) is 6.22. The lowest BCUT2D eigenvalue weighted by atomic mass is 10.4. The van der Waals surface area contributed by atoms with Gasteiger partial charge in [-0.05, 0) is 13.8 Å². The van der Waals surface area contributed by atoms with Gasteiger partial charge in [0.1, 0.15) is 6.10 Å². The summed E-state index contributed by atoms with van der Waals surface area (Å²) in [5, 5.41) is 9.10. The molecule has 3 unspecified atom stereocenters. The van der Waals surface area contributed by atoms with Crippen LogP contribution >= 0.6 is 88.6 Å². The van der Waals surface area contributed by atoms with Crippen molar-refractivity contribution in [2.24, 2.45) is 0 Å². The van der Waals surface area contributed by atoms with Crippen LogP contribution in [0.15, 0.2) is 0 Å². The molecule has 0 rings (SSSR count). The van der Waals surface area contributed by atoms with Gasteiger partial charge in [0, 0.05) is 19.7 Å². The highest BCUT2D eigenvalue weighted by atomic mass is 33.5. The van der Waals surface area contributed by atoms with E-state index in [4.69, 9.17) is 13.5 Å². The van der Waals surface area contributed by atoms with E-state index in [-0.39, 0.29) is 21.9 Å². The van der Waals surface area contributed by atoms with Crippen molar-refractivity contribution in [3.8, 4) is 0 Å². The molecule has 0 fully saturated rings. The summed E-state index contributed by atoms with van der Waals surface area (Å²) in [6, 6.07) is 0. The molecular formula is C7H16O3S8. The zero-order valence-electron chi connectivity index (χ0n) is 9.75. The van der Waals surface area contributed by atoms with E-state index in [0.717, 1.165) is 0 Å². The van der Waals surface area contributed by atoms with E-state index in [1.165, 1.54) is 41.8 Å². The monoisotopic (exact) mass is 404 g/mol. The van der Waals surface area contributed by atoms with Crippen LogP contribution in [-0.2, 0) is 8.37 Å². The van der Waals surface area contributed by atoms with Crippen molar-refractivity contribution in [2.45, 2.75) is 29.1 Å². The van der Waals surface area contributed by atoms with Crippen LogP contribution in [0.5, 0.6) is 0 Å². The van der Waals surface area contributed by atoms with Crippen molar-refractivity contribution < 1.29 is 13.5 Å². The summed E-state index contributed by atoms with van der Waals surface area (Å²) >= 11 is 11.0. The normalized spacial score (nSPS) is 16.5. The summed E-state index contributed by atoms with van der Waals surface area (Å²) in [5.74, 6) is 0. The van der Waals surface area contributed by atoms with E-state index in [2.05, 4.69) is 25.3 Å². The number of thiol groups is 2. The second-order valence-electron chi connectivity index (χ2n) is 2.85. The molecule has 110 valence electrons. The Balaban J connectivity index is 3.40. The molecule has 0 aliphatic carbocycles. The van der Waals surface area contributed by atoms with E-state index in [1.807, 2.05) is 13.8 Å². The molecule has 11 heteroatoms. The molecule has 0 bridgehead atoms. The van der Waals surface area contributed by atoms with Gasteiger partial charge in [-0.1, -0.05) is 21.6 Å². The van der Waals surface area contributed by atoms with Gasteiger partial charge in [-0.2, -0.15) is 25.3 Å². The van der Waals surface area contributed by atoms with Crippen LogP contribution in [0, 0.1) is 0 Å². The average molecular weight is 405 g/mol. The number of rotatable bonds is 12. The van der Waals surface area contributed by atoms with Crippen LogP contribution in [0.1, 0.15) is 13.8 Å². The number of hydrogen-bond donors (Lipinski definition) is 3. The molecule has 3 atom stereocenters. The Morgan fingerprint density at radius 3 is 2.11 bits per heavy atom. The first-order valence-corrected chi connectivity index (χ1v) is 12.8. The molecule has 18 heavy (non-hydrogen) atoms. The predicted molar refractivity (Wildman–Crippen MR) is 100 cm³/mol. The predicted octanol–water partition coefficient (Wildman–Crippen LogP) is 4.82. The third kappa shape index (κ3) is 15.1. The van der Waals surface area contributed by atoms with Crippen LogP contribution in [0.25, 0.3) is 0 Å². The van der Waals surface area contributed by atoms with Crippen LogP contribution in [0.3, 0.4) is 0 Å². The molecule has 0 radical (unpaired) electrons. The largest absolute Gasteiger partial charge is 0.394 e. The third-order valence-electron chi connectivity index (χ3n) is 1.09. The highest BCUT2D eigenvalue weighted by molar-refractivity contribution is 9.09. The Hall–Kier alpha value is 2.68. The Morgan fingerprint density at radius 2 is 1.61 bits per heavy atom. The Kier molecular flexibility index (Phi) is 16.8. The van der Waals surface area contributed by atoms with Gasteiger partial charge >= 0.3 is 0 Å². The van der Waals surface area contributed by atoms with Crippen molar-refractivity contribution in [3.63, 3.8) is 0 Å². The zero-order valence-corrected chi connectivity index (χ0v) is 16.4. The van der Waals surface area contributed by atoms with Gasteiger partial charge in [-0.15, -0.1) is 0 Å². The Labute approximate surface area is 143 Å². The van der Waals surface area contributed by atoms with Crippen molar-refractivity contribution >= 4 is 88.6 Å². The van der Waals surface area contributed by atoms with Gasteiger partial charge < -0.3 is 9.29 Å². The molecule has 0 spiro atoms. The highest BCUT2D eigenvalue weighted by Gasteiger charge is 2.10. The second kappa shape index (κ2) is 14.6. The lowest BCUT2D eigenvalue weighted by molar-refractivity contribution is 0.0985. The SMILES string of the molecule is CC(S)SSSOCC(CO)OSSSC(C)S. The molecule has 1 N–H and O–H groups in total. The maximum Gasteiger partial charge on any atom is 0.121 e. The fourth-order valence-electron chi connectivity index (χ4n) is 0.452. The van der Waals surface area contributed by atoms with Gasteiger partial charge in [0.05, 0.1) is 44.5 Å². The van der Waals surface area contributed by atoms with Gasteiger partial charge in [0.25, 0.3) is 0 Å². The average Bonchev–Trinajstić information content (AvgIpc) is 2.30. The quantitative estimate of drug-likeness (QED) is 0.139. The maximum absolute atomic E-state index is 9.10. The van der Waals surface area contributed by atoms with E-state index in [1.54, 1.807) is 21.6 Å². The summed E-state index contributed by atoms with van der Waals surface area (Å²) in [6.07, 6.45) is -0.315. The minimum absolute atomic E-state index is 0.0595. The fraction of sp³-hybridized carbons (Fsp3) is 1.00. The summed E-state index contributed by atoms with van der Waals surface area (Å²) in [4.78, 5) is 0. The minimum Gasteiger partial charge on any atom is -0.394 e. The van der Waals surface area contributed by atoms with Gasteiger partial charge in [-0.3, -0.25) is 4.18 Å². The van der Waals surface area contributed by atoms with Crippen LogP contribution in [-0.4, -0.2) is 33.6 Å². The van der Waals surface area contributed by atoms with Crippen molar-refractivity contribution in [1.29, 1.82) is 0 Å². The van der Waals surface area contributed by atoms with Crippen molar-refractivity contribution in [1.82, 2.24) is 0 Å². The van der Waals surface area contributed by atoms with E-state index in [0.29, 0.717) is 6.61 Å². The standard InChI is InChI=1S/C7H16O3S8/c1-5(11)13-17-15-9-4-7(3-8)10-16-18-14-6(2)12/h5-8,11-12H,3-4H2,1-2H3. The molecule has 0 aromatic rings. The lowest BCUT2D eigenvalue weighted by Crippen LogP contribution is -2.19. The highest BCUT2D eigenvalue weighted by Crippen LogP contribution is 2.41. The molecule has 0 heterocycles. The molecule has 0 aromatic carbocycles. The maximum atomic E-state index is 9.10. The van der Waals surface area contributed by atoms with Gasteiger partial charge in [0.15, 0.2) is 0 Å². The zero-order chi connectivity index (χ0) is 13.8. The van der Waals surface area contributed by atoms with Crippen molar-refractivity contribution in [3.05, 3.63) is 0 Å². The molecule has 0 aromatic heterocycles. The topological polar surface area (TPSA) is 38.7 Å². The third-order valence-corrected chi connectivity index (χ3v) is 9.47. The van der Waals surface area contributed by atoms with Gasteiger partial charge in [0.2, 0.25) is 0 Å². The molecule has 3 nitrogen and oxygen atoms in total. The first-order chi connectivity index (χ1) is 8.56. The summed E-state index contributed by atoms with van der Waals surface area (Å²) in [6.45, 7) is 4.28. The van der Waals surface area contributed by atoms with Gasteiger partial charge in [-0.25, -0.2) is 0 Å². The molecule has 0 saturated carbocycles. The smallest absolute Gasteiger partial charge is 0.121 e.